The summed E-state index contributed by atoms with van der Waals surface area (Å²) in [5, 5.41) is 5.25. The number of aromatic nitrogens is 4. The number of fused-ring (bicyclic) bond motifs is 1. The highest BCUT2D eigenvalue weighted by atomic mass is 35.5. The van der Waals surface area contributed by atoms with Crippen molar-refractivity contribution in [2.45, 2.75) is 0 Å². The van der Waals surface area contributed by atoms with E-state index in [-0.39, 0.29) is 5.56 Å². The van der Waals surface area contributed by atoms with Gasteiger partial charge >= 0.3 is 5.69 Å². The molecule has 0 unspecified atom stereocenters. The van der Waals surface area contributed by atoms with Crippen LogP contribution in [0.5, 0.6) is 0 Å². The zero-order valence-electron chi connectivity index (χ0n) is 10.9. The second-order valence-electron chi connectivity index (χ2n) is 4.50. The average Bonchev–Trinajstić information content (AvgIpc) is 2.88. The van der Waals surface area contributed by atoms with Gasteiger partial charge in [0, 0.05) is 25.3 Å². The largest absolute Gasteiger partial charge is 0.332 e. The minimum Gasteiger partial charge on any atom is -0.279 e. The first-order valence-corrected chi connectivity index (χ1v) is 6.28. The minimum absolute atomic E-state index is 0.345. The molecule has 2 aromatic heterocycles. The van der Waals surface area contributed by atoms with Crippen LogP contribution in [0.1, 0.15) is 0 Å². The molecule has 0 aliphatic rings. The van der Waals surface area contributed by atoms with Gasteiger partial charge in [-0.05, 0) is 18.2 Å². The molecule has 20 heavy (non-hydrogen) atoms. The zero-order chi connectivity index (χ0) is 14.4. The smallest absolute Gasteiger partial charge is 0.279 e. The summed E-state index contributed by atoms with van der Waals surface area (Å²) in [6.07, 6.45) is 1.60. The van der Waals surface area contributed by atoms with Crippen LogP contribution >= 0.6 is 11.6 Å². The average molecular weight is 291 g/mol. The molecule has 6 nitrogen and oxygen atoms in total. The van der Waals surface area contributed by atoms with Crippen LogP contribution in [0.4, 0.5) is 0 Å². The van der Waals surface area contributed by atoms with Crippen molar-refractivity contribution in [2.24, 2.45) is 14.1 Å². The van der Waals surface area contributed by atoms with Crippen molar-refractivity contribution in [1.82, 2.24) is 18.9 Å². The van der Waals surface area contributed by atoms with E-state index in [0.29, 0.717) is 16.1 Å². The Morgan fingerprint density at radius 3 is 2.60 bits per heavy atom. The molecule has 3 aromatic rings. The van der Waals surface area contributed by atoms with Crippen LogP contribution in [-0.2, 0) is 14.1 Å². The molecule has 3 rings (SSSR count). The van der Waals surface area contributed by atoms with Crippen molar-refractivity contribution < 1.29 is 0 Å². The van der Waals surface area contributed by atoms with Gasteiger partial charge in [0.05, 0.1) is 5.69 Å². The van der Waals surface area contributed by atoms with E-state index < -0.39 is 5.69 Å². The lowest BCUT2D eigenvalue weighted by molar-refractivity contribution is 0.706. The lowest BCUT2D eigenvalue weighted by Gasteiger charge is -2.01. The number of hydrogen-bond acceptors (Lipinski definition) is 3. The number of benzene rings is 1. The molecule has 102 valence electrons. The molecule has 0 radical (unpaired) electrons. The Morgan fingerprint density at radius 2 is 1.90 bits per heavy atom. The number of aryl methyl sites for hydroxylation is 1. The van der Waals surface area contributed by atoms with Gasteiger partial charge in [-0.25, -0.2) is 9.48 Å². The number of hydrogen-bond donors (Lipinski definition) is 0. The standard InChI is InChI=1S/C13H11ClN4O2/c1-16-11-10(12(19)17(2)13(16)20)7-18(15-11)9-5-3-4-8(14)6-9/h3-7H,1-2H3. The fraction of sp³-hybridized carbons (Fsp3) is 0.154. The molecular formula is C13H11ClN4O2. The summed E-state index contributed by atoms with van der Waals surface area (Å²) in [5.41, 5.74) is 0.302. The first-order chi connectivity index (χ1) is 9.49. The van der Waals surface area contributed by atoms with Crippen LogP contribution < -0.4 is 11.2 Å². The van der Waals surface area contributed by atoms with Crippen LogP contribution in [0.15, 0.2) is 40.1 Å². The van der Waals surface area contributed by atoms with Crippen LogP contribution in [0.3, 0.4) is 0 Å². The summed E-state index contributed by atoms with van der Waals surface area (Å²) < 4.78 is 3.95. The summed E-state index contributed by atoms with van der Waals surface area (Å²) in [4.78, 5) is 23.9. The summed E-state index contributed by atoms with van der Waals surface area (Å²) in [6.45, 7) is 0. The fourth-order valence-corrected chi connectivity index (χ4v) is 2.28. The molecule has 0 atom stereocenters. The molecule has 0 aliphatic heterocycles. The highest BCUT2D eigenvalue weighted by molar-refractivity contribution is 6.30. The summed E-state index contributed by atoms with van der Waals surface area (Å²) in [6, 6.07) is 7.10. The second-order valence-corrected chi connectivity index (χ2v) is 4.93. The van der Waals surface area contributed by atoms with Crippen LogP contribution in [0.2, 0.25) is 5.02 Å². The third kappa shape index (κ3) is 1.77. The zero-order valence-corrected chi connectivity index (χ0v) is 11.6. The predicted molar refractivity (Wildman–Crippen MR) is 76.6 cm³/mol. The van der Waals surface area contributed by atoms with Crippen LogP contribution in [0.25, 0.3) is 16.7 Å². The van der Waals surface area contributed by atoms with E-state index in [4.69, 9.17) is 11.6 Å². The van der Waals surface area contributed by atoms with Crippen molar-refractivity contribution >= 4 is 22.6 Å². The van der Waals surface area contributed by atoms with E-state index in [1.807, 2.05) is 6.07 Å². The quantitative estimate of drug-likeness (QED) is 0.674. The van der Waals surface area contributed by atoms with E-state index >= 15 is 0 Å². The molecule has 0 bridgehead atoms. The van der Waals surface area contributed by atoms with Gasteiger partial charge in [0.25, 0.3) is 5.56 Å². The Hall–Kier alpha value is -2.34. The van der Waals surface area contributed by atoms with Gasteiger partial charge in [-0.1, -0.05) is 17.7 Å². The lowest BCUT2D eigenvalue weighted by atomic mass is 10.3. The van der Waals surface area contributed by atoms with Crippen LogP contribution in [0, 0.1) is 0 Å². The molecule has 0 aliphatic carbocycles. The number of halogens is 1. The monoisotopic (exact) mass is 290 g/mol. The third-order valence-electron chi connectivity index (χ3n) is 3.19. The first-order valence-electron chi connectivity index (χ1n) is 5.90. The molecule has 0 N–H and O–H groups in total. The van der Waals surface area contributed by atoms with Crippen molar-refractivity contribution in [3.05, 3.63) is 56.3 Å². The highest BCUT2D eigenvalue weighted by Crippen LogP contribution is 2.16. The summed E-state index contributed by atoms with van der Waals surface area (Å²) in [5.74, 6) is 0. The summed E-state index contributed by atoms with van der Waals surface area (Å²) >= 11 is 5.94. The van der Waals surface area contributed by atoms with E-state index in [0.717, 1.165) is 10.3 Å². The SMILES string of the molecule is Cn1c(=O)c2cn(-c3cccc(Cl)c3)nc2n(C)c1=O. The Morgan fingerprint density at radius 1 is 1.15 bits per heavy atom. The van der Waals surface area contributed by atoms with Gasteiger partial charge in [0.15, 0.2) is 5.65 Å². The molecule has 0 spiro atoms. The molecule has 0 amide bonds. The molecule has 0 fully saturated rings. The van der Waals surface area contributed by atoms with Gasteiger partial charge in [-0.2, -0.15) is 0 Å². The van der Waals surface area contributed by atoms with E-state index in [1.165, 1.54) is 16.3 Å². The van der Waals surface area contributed by atoms with Gasteiger partial charge in [-0.15, -0.1) is 5.10 Å². The predicted octanol–water partition coefficient (Wildman–Crippen LogP) is 1.08. The van der Waals surface area contributed by atoms with Gasteiger partial charge in [0.2, 0.25) is 0 Å². The van der Waals surface area contributed by atoms with E-state index in [1.54, 1.807) is 31.4 Å². The molecule has 0 saturated heterocycles. The van der Waals surface area contributed by atoms with Crippen molar-refractivity contribution in [3.63, 3.8) is 0 Å². The fourth-order valence-electron chi connectivity index (χ4n) is 2.10. The van der Waals surface area contributed by atoms with Gasteiger partial charge in [-0.3, -0.25) is 13.9 Å². The Bertz CT molecular complexity index is 936. The minimum atomic E-state index is -0.404. The number of rotatable bonds is 1. The molecule has 0 saturated carbocycles. The molecule has 2 heterocycles. The normalized spacial score (nSPS) is 11.2. The van der Waals surface area contributed by atoms with E-state index in [9.17, 15) is 9.59 Å². The second kappa shape index (κ2) is 4.35. The van der Waals surface area contributed by atoms with E-state index in [2.05, 4.69) is 5.10 Å². The lowest BCUT2D eigenvalue weighted by Crippen LogP contribution is -2.36. The Kier molecular flexibility index (Phi) is 2.76. The van der Waals surface area contributed by atoms with Crippen molar-refractivity contribution in [3.8, 4) is 5.69 Å². The maximum atomic E-state index is 12.1. The van der Waals surface area contributed by atoms with Gasteiger partial charge < -0.3 is 0 Å². The Balaban J connectivity index is 2.37. The molecular weight excluding hydrogens is 280 g/mol. The Labute approximate surface area is 118 Å². The first kappa shape index (κ1) is 12.7. The number of nitrogens with zero attached hydrogens (tertiary/aromatic N) is 4. The van der Waals surface area contributed by atoms with Crippen LogP contribution in [-0.4, -0.2) is 18.9 Å². The maximum absolute atomic E-state index is 12.1. The van der Waals surface area contributed by atoms with Crippen molar-refractivity contribution in [1.29, 1.82) is 0 Å². The molecule has 7 heteroatoms. The third-order valence-corrected chi connectivity index (χ3v) is 3.43. The van der Waals surface area contributed by atoms with Crippen molar-refractivity contribution in [2.75, 3.05) is 0 Å². The van der Waals surface area contributed by atoms with Gasteiger partial charge in [0.1, 0.15) is 5.39 Å². The maximum Gasteiger partial charge on any atom is 0.332 e. The highest BCUT2D eigenvalue weighted by Gasteiger charge is 2.13. The topological polar surface area (TPSA) is 61.8 Å². The summed E-state index contributed by atoms with van der Waals surface area (Å²) in [7, 11) is 3.03. The molecule has 1 aromatic carbocycles.